The van der Waals surface area contributed by atoms with Crippen molar-refractivity contribution in [1.29, 1.82) is 5.26 Å². The largest absolute Gasteiger partial charge is 0.463 e. The van der Waals surface area contributed by atoms with Gasteiger partial charge in [-0.05, 0) is 23.9 Å². The molecule has 3 heteroatoms. The van der Waals surface area contributed by atoms with Crippen LogP contribution >= 0.6 is 0 Å². The summed E-state index contributed by atoms with van der Waals surface area (Å²) in [6.07, 6.45) is 2.96. The highest BCUT2D eigenvalue weighted by Crippen LogP contribution is 2.22. The molecule has 3 nitrogen and oxygen atoms in total. The van der Waals surface area contributed by atoms with Crippen LogP contribution in [0.4, 0.5) is 0 Å². The second kappa shape index (κ2) is 5.83. The van der Waals surface area contributed by atoms with Crippen LogP contribution in [0.5, 0.6) is 0 Å². The van der Waals surface area contributed by atoms with Crippen molar-refractivity contribution in [3.05, 3.63) is 53.6 Å². The smallest absolute Gasteiger partial charge is 0.330 e. The quantitative estimate of drug-likeness (QED) is 0.621. The summed E-state index contributed by atoms with van der Waals surface area (Å²) in [7, 11) is 0. The first-order chi connectivity index (χ1) is 9.26. The molecule has 2 aromatic rings. The third-order valence-corrected chi connectivity index (χ3v) is 2.76. The Morgan fingerprint density at radius 2 is 2.11 bits per heavy atom. The van der Waals surface area contributed by atoms with Gasteiger partial charge in [0.1, 0.15) is 6.07 Å². The Balaban J connectivity index is 2.45. The van der Waals surface area contributed by atoms with Crippen LogP contribution in [0, 0.1) is 11.3 Å². The molecule has 2 rings (SSSR count). The lowest BCUT2D eigenvalue weighted by atomic mass is 9.99. The molecule has 0 amide bonds. The van der Waals surface area contributed by atoms with Gasteiger partial charge in [-0.3, -0.25) is 0 Å². The van der Waals surface area contributed by atoms with Gasteiger partial charge in [0.2, 0.25) is 0 Å². The molecule has 0 aliphatic rings. The standard InChI is InChI=1S/C16H13NO2/c1-2-19-16(18)10-9-13-8-7-12-5-3-4-6-14(12)15(13)11-17/h3-10H,2H2,1H3/b10-9+. The lowest BCUT2D eigenvalue weighted by Gasteiger charge is -2.03. The van der Waals surface area contributed by atoms with Crippen molar-refractivity contribution in [2.75, 3.05) is 6.61 Å². The second-order valence-electron chi connectivity index (χ2n) is 3.95. The molecule has 0 atom stereocenters. The lowest BCUT2D eigenvalue weighted by Crippen LogP contribution is -1.98. The highest BCUT2D eigenvalue weighted by Gasteiger charge is 2.05. The number of rotatable bonds is 3. The van der Waals surface area contributed by atoms with Crippen LogP contribution in [0.3, 0.4) is 0 Å². The molecule has 0 aliphatic heterocycles. The van der Waals surface area contributed by atoms with Gasteiger partial charge in [0, 0.05) is 11.5 Å². The zero-order valence-corrected chi connectivity index (χ0v) is 10.6. The fraction of sp³-hybridized carbons (Fsp3) is 0.125. The molecule has 0 aromatic heterocycles. The van der Waals surface area contributed by atoms with Gasteiger partial charge in [0.25, 0.3) is 0 Å². The van der Waals surface area contributed by atoms with E-state index in [0.717, 1.165) is 10.8 Å². The Morgan fingerprint density at radius 1 is 1.32 bits per heavy atom. The van der Waals surface area contributed by atoms with Gasteiger partial charge in [0.15, 0.2) is 0 Å². The fourth-order valence-corrected chi connectivity index (χ4v) is 1.90. The summed E-state index contributed by atoms with van der Waals surface area (Å²) in [6, 6.07) is 13.6. The molecule has 0 spiro atoms. The number of nitrogens with zero attached hydrogens (tertiary/aromatic N) is 1. The van der Waals surface area contributed by atoms with Crippen molar-refractivity contribution >= 4 is 22.8 Å². The lowest BCUT2D eigenvalue weighted by molar-refractivity contribution is -0.137. The van der Waals surface area contributed by atoms with Crippen LogP contribution in [-0.2, 0) is 9.53 Å². The summed E-state index contributed by atoms with van der Waals surface area (Å²) >= 11 is 0. The van der Waals surface area contributed by atoms with Crippen molar-refractivity contribution in [3.63, 3.8) is 0 Å². The number of benzene rings is 2. The number of fused-ring (bicyclic) bond motifs is 1. The average molecular weight is 251 g/mol. The Labute approximate surface area is 111 Å². The minimum Gasteiger partial charge on any atom is -0.463 e. The first-order valence-corrected chi connectivity index (χ1v) is 6.03. The van der Waals surface area contributed by atoms with Crippen molar-refractivity contribution < 1.29 is 9.53 Å². The van der Waals surface area contributed by atoms with Gasteiger partial charge in [-0.1, -0.05) is 36.4 Å². The highest BCUT2D eigenvalue weighted by atomic mass is 16.5. The van der Waals surface area contributed by atoms with Gasteiger partial charge in [0.05, 0.1) is 12.2 Å². The number of hydrogen-bond acceptors (Lipinski definition) is 3. The van der Waals surface area contributed by atoms with Gasteiger partial charge in [-0.2, -0.15) is 5.26 Å². The first kappa shape index (κ1) is 12.8. The zero-order valence-electron chi connectivity index (χ0n) is 10.6. The number of esters is 1. The predicted molar refractivity (Wildman–Crippen MR) is 74.3 cm³/mol. The number of hydrogen-bond donors (Lipinski definition) is 0. The number of ether oxygens (including phenoxy) is 1. The first-order valence-electron chi connectivity index (χ1n) is 6.03. The maximum atomic E-state index is 11.3. The molecule has 0 unspecified atom stereocenters. The number of carbonyl (C=O) groups excluding carboxylic acids is 1. The SMILES string of the molecule is CCOC(=O)/C=C/c1ccc2ccccc2c1C#N. The van der Waals surface area contributed by atoms with Crippen molar-refractivity contribution in [2.45, 2.75) is 6.92 Å². The minimum atomic E-state index is -0.403. The molecule has 0 bridgehead atoms. The van der Waals surface area contributed by atoms with E-state index in [4.69, 9.17) is 4.74 Å². The molecule has 0 aliphatic carbocycles. The molecule has 0 saturated carbocycles. The van der Waals surface area contributed by atoms with E-state index in [1.807, 2.05) is 36.4 Å². The maximum Gasteiger partial charge on any atom is 0.330 e. The van der Waals surface area contributed by atoms with Gasteiger partial charge < -0.3 is 4.74 Å². The van der Waals surface area contributed by atoms with Crippen molar-refractivity contribution in [1.82, 2.24) is 0 Å². The summed E-state index contributed by atoms with van der Waals surface area (Å²) in [4.78, 5) is 11.3. The third kappa shape index (κ3) is 2.80. The van der Waals surface area contributed by atoms with Gasteiger partial charge in [-0.15, -0.1) is 0 Å². The molecule has 0 radical (unpaired) electrons. The van der Waals surface area contributed by atoms with Crippen LogP contribution < -0.4 is 0 Å². The van der Waals surface area contributed by atoms with Gasteiger partial charge in [-0.25, -0.2) is 4.79 Å². The Kier molecular flexibility index (Phi) is 3.94. The molecule has 19 heavy (non-hydrogen) atoms. The van der Waals surface area contributed by atoms with E-state index >= 15 is 0 Å². The van der Waals surface area contributed by atoms with E-state index in [-0.39, 0.29) is 0 Å². The predicted octanol–water partition coefficient (Wildman–Crippen LogP) is 3.29. The van der Waals surface area contributed by atoms with Crippen LogP contribution in [0.15, 0.2) is 42.5 Å². The fourth-order valence-electron chi connectivity index (χ4n) is 1.90. The van der Waals surface area contributed by atoms with E-state index in [1.165, 1.54) is 6.08 Å². The zero-order chi connectivity index (χ0) is 13.7. The molecular weight excluding hydrogens is 238 g/mol. The monoisotopic (exact) mass is 251 g/mol. The van der Waals surface area contributed by atoms with E-state index < -0.39 is 5.97 Å². The molecule has 0 N–H and O–H groups in total. The Morgan fingerprint density at radius 3 is 2.84 bits per heavy atom. The third-order valence-electron chi connectivity index (χ3n) is 2.76. The van der Waals surface area contributed by atoms with E-state index in [2.05, 4.69) is 6.07 Å². The normalized spacial score (nSPS) is 10.5. The summed E-state index contributed by atoms with van der Waals surface area (Å²) < 4.78 is 4.82. The van der Waals surface area contributed by atoms with E-state index in [0.29, 0.717) is 17.7 Å². The molecule has 0 fully saturated rings. The summed E-state index contributed by atoms with van der Waals surface area (Å²) in [5.41, 5.74) is 1.29. The van der Waals surface area contributed by atoms with Crippen LogP contribution in [0.25, 0.3) is 16.8 Å². The molecule has 0 heterocycles. The van der Waals surface area contributed by atoms with Crippen molar-refractivity contribution in [3.8, 4) is 6.07 Å². The Hall–Kier alpha value is -2.60. The van der Waals surface area contributed by atoms with Crippen molar-refractivity contribution in [2.24, 2.45) is 0 Å². The topological polar surface area (TPSA) is 50.1 Å². The van der Waals surface area contributed by atoms with Crippen LogP contribution in [0.2, 0.25) is 0 Å². The average Bonchev–Trinajstić information content (AvgIpc) is 2.44. The molecule has 2 aromatic carbocycles. The number of nitriles is 1. The summed E-state index contributed by atoms with van der Waals surface area (Å²) in [5.74, 6) is -0.403. The second-order valence-corrected chi connectivity index (χ2v) is 3.95. The van der Waals surface area contributed by atoms with E-state index in [1.54, 1.807) is 13.0 Å². The maximum absolute atomic E-state index is 11.3. The Bertz CT molecular complexity index is 681. The van der Waals surface area contributed by atoms with Crippen LogP contribution in [-0.4, -0.2) is 12.6 Å². The minimum absolute atomic E-state index is 0.339. The highest BCUT2D eigenvalue weighted by molar-refractivity contribution is 5.93. The van der Waals surface area contributed by atoms with E-state index in [9.17, 15) is 10.1 Å². The molecular formula is C16H13NO2. The molecule has 94 valence electrons. The summed E-state index contributed by atoms with van der Waals surface area (Å²) in [5, 5.41) is 11.2. The summed E-state index contributed by atoms with van der Waals surface area (Å²) in [6.45, 7) is 2.09. The van der Waals surface area contributed by atoms with Crippen LogP contribution in [0.1, 0.15) is 18.1 Å². The number of carbonyl (C=O) groups is 1. The van der Waals surface area contributed by atoms with Gasteiger partial charge >= 0.3 is 5.97 Å². The molecule has 0 saturated heterocycles.